The molecule has 3 aromatic rings. The Bertz CT molecular complexity index is 1090. The highest BCUT2D eigenvalue weighted by atomic mass is 35.5. The van der Waals surface area contributed by atoms with Crippen LogP contribution in [0.2, 0.25) is 5.02 Å². The van der Waals surface area contributed by atoms with Crippen molar-refractivity contribution in [1.29, 1.82) is 0 Å². The first kappa shape index (κ1) is 17.9. The Balaban J connectivity index is 1.91. The van der Waals surface area contributed by atoms with Gasteiger partial charge in [0.05, 0.1) is 10.9 Å². The van der Waals surface area contributed by atoms with Gasteiger partial charge in [-0.3, -0.25) is 19.1 Å². The molecule has 2 heterocycles. The van der Waals surface area contributed by atoms with E-state index < -0.39 is 11.2 Å². The molecule has 0 aliphatic heterocycles. The van der Waals surface area contributed by atoms with Crippen molar-refractivity contribution in [3.8, 4) is 0 Å². The van der Waals surface area contributed by atoms with Gasteiger partial charge >= 0.3 is 5.69 Å². The maximum atomic E-state index is 12.4. The van der Waals surface area contributed by atoms with Crippen LogP contribution in [0, 0.1) is 0 Å². The van der Waals surface area contributed by atoms with E-state index in [1.807, 2.05) is 25.1 Å². The second-order valence-electron chi connectivity index (χ2n) is 5.78. The number of hydrogen-bond acceptors (Lipinski definition) is 4. The number of H-pyrrole nitrogens is 1. The summed E-state index contributed by atoms with van der Waals surface area (Å²) in [7, 11) is 0. The molecule has 3 rings (SSSR count). The van der Waals surface area contributed by atoms with Crippen LogP contribution in [0.1, 0.15) is 29.3 Å². The number of nitrogens with one attached hydrogen (secondary N) is 2. The van der Waals surface area contributed by atoms with E-state index in [9.17, 15) is 14.4 Å². The fourth-order valence-corrected chi connectivity index (χ4v) is 2.84. The first-order valence-corrected chi connectivity index (χ1v) is 8.53. The maximum absolute atomic E-state index is 12.4. The molecule has 0 aliphatic rings. The van der Waals surface area contributed by atoms with Crippen LogP contribution in [-0.2, 0) is 13.1 Å². The highest BCUT2D eigenvalue weighted by molar-refractivity contribution is 6.31. The lowest BCUT2D eigenvalue weighted by atomic mass is 10.2. The lowest BCUT2D eigenvalue weighted by Crippen LogP contribution is -2.31. The van der Waals surface area contributed by atoms with Gasteiger partial charge in [-0.25, -0.2) is 9.78 Å². The smallest absolute Gasteiger partial charge is 0.329 e. The number of hydrogen-bond donors (Lipinski definition) is 2. The first-order valence-electron chi connectivity index (χ1n) is 8.15. The number of carbonyl (C=O) groups is 1. The zero-order chi connectivity index (χ0) is 18.7. The van der Waals surface area contributed by atoms with Gasteiger partial charge in [-0.2, -0.15) is 0 Å². The molecule has 0 saturated heterocycles. The number of fused-ring (bicyclic) bond motifs is 1. The van der Waals surface area contributed by atoms with Gasteiger partial charge in [0.2, 0.25) is 0 Å². The van der Waals surface area contributed by atoms with Crippen molar-refractivity contribution in [2.24, 2.45) is 0 Å². The summed E-state index contributed by atoms with van der Waals surface area (Å²) in [5.41, 5.74) is 0.212. The van der Waals surface area contributed by atoms with Crippen LogP contribution in [0.15, 0.2) is 46.1 Å². The molecule has 2 aromatic heterocycles. The molecule has 2 N–H and O–H groups in total. The number of pyridine rings is 1. The van der Waals surface area contributed by atoms with Crippen molar-refractivity contribution in [3.63, 3.8) is 0 Å². The lowest BCUT2D eigenvalue weighted by molar-refractivity contribution is 0.0950. The first-order chi connectivity index (χ1) is 12.5. The number of aryl methyl sites for hydroxylation is 1. The molecule has 134 valence electrons. The van der Waals surface area contributed by atoms with Crippen LogP contribution in [0.3, 0.4) is 0 Å². The predicted octanol–water partition coefficient (Wildman–Crippen LogP) is 2.08. The molecule has 0 bridgehead atoms. The quantitative estimate of drug-likeness (QED) is 0.716. The SMILES string of the molecule is CCCn1c(=O)[nH]c(=O)c2cc(C(=O)NCc3ccccc3Cl)cnc21. The highest BCUT2D eigenvalue weighted by Gasteiger charge is 2.13. The molecule has 8 heteroatoms. The molecule has 0 radical (unpaired) electrons. The van der Waals surface area contributed by atoms with E-state index in [2.05, 4.69) is 15.3 Å². The topological polar surface area (TPSA) is 96.9 Å². The van der Waals surface area contributed by atoms with E-state index in [-0.39, 0.29) is 29.0 Å². The molecule has 0 saturated carbocycles. The average molecular weight is 373 g/mol. The maximum Gasteiger partial charge on any atom is 0.329 e. The third-order valence-corrected chi connectivity index (χ3v) is 4.31. The van der Waals surface area contributed by atoms with Crippen LogP contribution < -0.4 is 16.6 Å². The van der Waals surface area contributed by atoms with Crippen LogP contribution >= 0.6 is 11.6 Å². The number of carbonyl (C=O) groups excluding carboxylic acids is 1. The predicted molar refractivity (Wildman–Crippen MR) is 99.5 cm³/mol. The zero-order valence-corrected chi connectivity index (χ0v) is 14.8. The summed E-state index contributed by atoms with van der Waals surface area (Å²) in [6.45, 7) is 2.60. The third kappa shape index (κ3) is 3.52. The molecule has 0 atom stereocenters. The number of halogens is 1. The molecular formula is C18H17ClN4O3. The van der Waals surface area contributed by atoms with E-state index in [0.29, 0.717) is 18.0 Å². The summed E-state index contributed by atoms with van der Waals surface area (Å²) < 4.78 is 1.39. The highest BCUT2D eigenvalue weighted by Crippen LogP contribution is 2.15. The van der Waals surface area contributed by atoms with Gasteiger partial charge in [0.25, 0.3) is 11.5 Å². The summed E-state index contributed by atoms with van der Waals surface area (Å²) in [5, 5.41) is 3.50. The van der Waals surface area contributed by atoms with Crippen LogP contribution in [0.25, 0.3) is 11.0 Å². The second kappa shape index (κ2) is 7.53. The minimum absolute atomic E-state index is 0.198. The van der Waals surface area contributed by atoms with E-state index in [4.69, 9.17) is 11.6 Å². The van der Waals surface area contributed by atoms with Gasteiger partial charge in [-0.05, 0) is 24.1 Å². The molecule has 0 spiro atoms. The molecule has 7 nitrogen and oxygen atoms in total. The van der Waals surface area contributed by atoms with Gasteiger partial charge in [-0.1, -0.05) is 36.7 Å². The fraction of sp³-hybridized carbons (Fsp3) is 0.222. The number of rotatable bonds is 5. The Morgan fingerprint density at radius 3 is 2.81 bits per heavy atom. The number of benzene rings is 1. The van der Waals surface area contributed by atoms with Crippen LogP contribution in [-0.4, -0.2) is 20.4 Å². The van der Waals surface area contributed by atoms with Crippen molar-refractivity contribution in [3.05, 3.63) is 73.5 Å². The van der Waals surface area contributed by atoms with E-state index in [1.165, 1.54) is 16.8 Å². The second-order valence-corrected chi connectivity index (χ2v) is 6.19. The van der Waals surface area contributed by atoms with Gasteiger partial charge in [0.1, 0.15) is 5.65 Å². The summed E-state index contributed by atoms with van der Waals surface area (Å²) in [6, 6.07) is 8.64. The summed E-state index contributed by atoms with van der Waals surface area (Å²) >= 11 is 6.07. The molecule has 26 heavy (non-hydrogen) atoms. The average Bonchev–Trinajstić information content (AvgIpc) is 2.64. The van der Waals surface area contributed by atoms with E-state index in [1.54, 1.807) is 6.07 Å². The van der Waals surface area contributed by atoms with E-state index >= 15 is 0 Å². The van der Waals surface area contributed by atoms with Gasteiger partial charge in [0, 0.05) is 24.3 Å². The van der Waals surface area contributed by atoms with Gasteiger partial charge in [0.15, 0.2) is 0 Å². The summed E-state index contributed by atoms with van der Waals surface area (Å²) in [6.07, 6.45) is 2.07. The summed E-state index contributed by atoms with van der Waals surface area (Å²) in [4.78, 5) is 42.8. The summed E-state index contributed by atoms with van der Waals surface area (Å²) in [5.74, 6) is -0.382. The molecule has 0 unspecified atom stereocenters. The van der Waals surface area contributed by atoms with Gasteiger partial charge < -0.3 is 5.32 Å². The Morgan fingerprint density at radius 2 is 2.08 bits per heavy atom. The Labute approximate surface area is 153 Å². The minimum Gasteiger partial charge on any atom is -0.348 e. The monoisotopic (exact) mass is 372 g/mol. The Morgan fingerprint density at radius 1 is 1.31 bits per heavy atom. The standard InChI is InChI=1S/C18H17ClN4O3/c1-2-7-23-15-13(17(25)22-18(23)26)8-12(10-20-15)16(24)21-9-11-5-3-4-6-14(11)19/h3-6,8,10H,2,7,9H2,1H3,(H,21,24)(H,22,25,26). The van der Waals surface area contributed by atoms with Crippen molar-refractivity contribution in [1.82, 2.24) is 19.9 Å². The number of nitrogens with zero attached hydrogens (tertiary/aromatic N) is 2. The van der Waals surface area contributed by atoms with Crippen molar-refractivity contribution in [2.75, 3.05) is 0 Å². The molecule has 0 aliphatic carbocycles. The van der Waals surface area contributed by atoms with Crippen LogP contribution in [0.4, 0.5) is 0 Å². The zero-order valence-electron chi connectivity index (χ0n) is 14.1. The van der Waals surface area contributed by atoms with Crippen molar-refractivity contribution < 1.29 is 4.79 Å². The molecular weight excluding hydrogens is 356 g/mol. The van der Waals surface area contributed by atoms with Crippen molar-refractivity contribution in [2.45, 2.75) is 26.4 Å². The number of amides is 1. The molecule has 1 aromatic carbocycles. The van der Waals surface area contributed by atoms with Gasteiger partial charge in [-0.15, -0.1) is 0 Å². The fourth-order valence-electron chi connectivity index (χ4n) is 2.64. The van der Waals surface area contributed by atoms with Crippen LogP contribution in [0.5, 0.6) is 0 Å². The van der Waals surface area contributed by atoms with E-state index in [0.717, 1.165) is 5.56 Å². The third-order valence-electron chi connectivity index (χ3n) is 3.94. The molecule has 0 fully saturated rings. The number of aromatic nitrogens is 3. The largest absolute Gasteiger partial charge is 0.348 e. The minimum atomic E-state index is -0.564. The Kier molecular flexibility index (Phi) is 5.18. The normalized spacial score (nSPS) is 10.8. The van der Waals surface area contributed by atoms with Crippen molar-refractivity contribution >= 4 is 28.5 Å². The number of aromatic amines is 1. The lowest BCUT2D eigenvalue weighted by Gasteiger charge is -2.09. The Hall–Kier alpha value is -2.93. The molecule has 1 amide bonds.